The summed E-state index contributed by atoms with van der Waals surface area (Å²) in [5, 5.41) is 16.0. The Hall–Kier alpha value is -3.53. The van der Waals surface area contributed by atoms with Crippen molar-refractivity contribution in [1.82, 2.24) is 15.3 Å². The Morgan fingerprint density at radius 2 is 1.92 bits per heavy atom. The number of piperazine rings is 1. The summed E-state index contributed by atoms with van der Waals surface area (Å²) in [5.74, 6) is -0.223. The summed E-state index contributed by atoms with van der Waals surface area (Å²) >= 11 is 6.72. The lowest BCUT2D eigenvalue weighted by molar-refractivity contribution is -0.113. The Kier molecular flexibility index (Phi) is 5.63. The highest BCUT2D eigenvalue weighted by Gasteiger charge is 2.34. The Morgan fingerprint density at radius 1 is 1.17 bits per heavy atom. The van der Waals surface area contributed by atoms with E-state index in [1.54, 1.807) is 12.1 Å². The van der Waals surface area contributed by atoms with E-state index in [1.165, 1.54) is 6.07 Å². The van der Waals surface area contributed by atoms with Gasteiger partial charge in [0, 0.05) is 36.1 Å². The molecule has 2 fully saturated rings. The number of anilines is 1. The molecule has 4 aromatic rings. The van der Waals surface area contributed by atoms with Gasteiger partial charge in [0.2, 0.25) is 6.23 Å². The summed E-state index contributed by atoms with van der Waals surface area (Å²) in [5.41, 5.74) is 6.19. The van der Waals surface area contributed by atoms with Crippen LogP contribution in [0.25, 0.3) is 32.8 Å². The fraction of sp³-hybridized carbons (Fsp3) is 0.269. The van der Waals surface area contributed by atoms with Crippen LogP contribution in [-0.4, -0.2) is 52.8 Å². The number of phenolic OH excluding ortho intramolecular Hbond substituents is 1. The van der Waals surface area contributed by atoms with Crippen molar-refractivity contribution >= 4 is 45.4 Å². The number of benzene rings is 3. The second-order valence-electron chi connectivity index (χ2n) is 9.25. The number of hydrogen-bond donors (Lipinski definition) is 3. The standard InChI is InChI=1S/C26H23ClFN5O3/c27-20-9-19-24(23(28)22(20)18-8-16(35)7-13-3-1-2-4-17(13)18)31-26(36-21(29)12-34)32-25(19)33-10-14-5-6-15(11-33)30-14/h1-4,7-9,12,14-15,21,30,35H,5-6,10-11,29H2/t14?,15?,21-/m0/s1. The van der Waals surface area contributed by atoms with Gasteiger partial charge in [-0.15, -0.1) is 0 Å². The molecule has 3 heterocycles. The summed E-state index contributed by atoms with van der Waals surface area (Å²) < 4.78 is 21.7. The molecule has 1 aromatic heterocycles. The zero-order valence-corrected chi connectivity index (χ0v) is 19.9. The van der Waals surface area contributed by atoms with E-state index in [0.29, 0.717) is 48.2 Å². The molecule has 0 aliphatic carbocycles. The number of halogens is 2. The number of hydrogen-bond acceptors (Lipinski definition) is 8. The maximum atomic E-state index is 16.3. The van der Waals surface area contributed by atoms with Gasteiger partial charge < -0.3 is 20.1 Å². The Balaban J connectivity index is 1.59. The predicted octanol–water partition coefficient (Wildman–Crippen LogP) is 3.75. The monoisotopic (exact) mass is 507 g/mol. The number of carbonyl (C=O) groups excluding carboxylic acids is 1. The van der Waals surface area contributed by atoms with Gasteiger partial charge >= 0.3 is 6.01 Å². The number of rotatable bonds is 5. The van der Waals surface area contributed by atoms with Gasteiger partial charge in [-0.2, -0.15) is 9.97 Å². The third-order valence-electron chi connectivity index (χ3n) is 6.85. The first-order valence-electron chi connectivity index (χ1n) is 11.7. The first-order valence-corrected chi connectivity index (χ1v) is 12.1. The highest BCUT2D eigenvalue weighted by atomic mass is 35.5. The fourth-order valence-corrected chi connectivity index (χ4v) is 5.62. The lowest BCUT2D eigenvalue weighted by Crippen LogP contribution is -2.51. The lowest BCUT2D eigenvalue weighted by Gasteiger charge is -2.34. The molecule has 0 amide bonds. The average Bonchev–Trinajstić information content (AvgIpc) is 3.21. The van der Waals surface area contributed by atoms with Crippen LogP contribution in [0.5, 0.6) is 11.8 Å². The molecule has 184 valence electrons. The van der Waals surface area contributed by atoms with Crippen LogP contribution in [0.4, 0.5) is 10.2 Å². The van der Waals surface area contributed by atoms with Gasteiger partial charge in [-0.3, -0.25) is 10.5 Å². The Bertz CT molecular complexity index is 1500. The minimum absolute atomic E-state index is 0.00852. The fourth-order valence-electron chi connectivity index (χ4n) is 5.32. The van der Waals surface area contributed by atoms with Crippen LogP contribution in [0.2, 0.25) is 5.02 Å². The van der Waals surface area contributed by atoms with Gasteiger partial charge in [-0.25, -0.2) is 4.39 Å². The van der Waals surface area contributed by atoms with Gasteiger partial charge in [-0.05, 0) is 47.4 Å². The number of carbonyl (C=O) groups is 1. The number of nitrogens with two attached hydrogens (primary N) is 1. The molecule has 2 bridgehead atoms. The molecular formula is C26H23ClFN5O3. The van der Waals surface area contributed by atoms with E-state index in [2.05, 4.69) is 20.2 Å². The van der Waals surface area contributed by atoms with Crippen molar-refractivity contribution < 1.29 is 19.0 Å². The topological polar surface area (TPSA) is 114 Å². The number of fused-ring (bicyclic) bond motifs is 4. The van der Waals surface area contributed by atoms with Gasteiger partial charge in [0.25, 0.3) is 0 Å². The number of aldehydes is 1. The molecule has 0 spiro atoms. The van der Waals surface area contributed by atoms with Gasteiger partial charge in [0.15, 0.2) is 12.1 Å². The van der Waals surface area contributed by atoms with Crippen LogP contribution in [0, 0.1) is 5.82 Å². The molecule has 2 saturated heterocycles. The van der Waals surface area contributed by atoms with E-state index in [0.717, 1.165) is 23.6 Å². The predicted molar refractivity (Wildman–Crippen MR) is 136 cm³/mol. The molecule has 2 aliphatic heterocycles. The number of ether oxygens (including phenoxy) is 1. The van der Waals surface area contributed by atoms with E-state index in [9.17, 15) is 9.90 Å². The number of aromatic hydroxyl groups is 1. The van der Waals surface area contributed by atoms with Crippen LogP contribution in [0.15, 0.2) is 42.5 Å². The summed E-state index contributed by atoms with van der Waals surface area (Å²) in [6.45, 7) is 1.36. The third-order valence-corrected chi connectivity index (χ3v) is 7.15. The first-order chi connectivity index (χ1) is 17.4. The van der Waals surface area contributed by atoms with Crippen LogP contribution < -0.4 is 20.7 Å². The summed E-state index contributed by atoms with van der Waals surface area (Å²) in [6, 6.07) is 12.5. The largest absolute Gasteiger partial charge is 0.508 e. The van der Waals surface area contributed by atoms with E-state index >= 15 is 4.39 Å². The van der Waals surface area contributed by atoms with Gasteiger partial charge in [-0.1, -0.05) is 35.9 Å². The van der Waals surface area contributed by atoms with Crippen molar-refractivity contribution in [2.24, 2.45) is 5.73 Å². The maximum absolute atomic E-state index is 16.3. The maximum Gasteiger partial charge on any atom is 0.321 e. The zero-order chi connectivity index (χ0) is 25.0. The molecule has 10 heteroatoms. The molecule has 8 nitrogen and oxygen atoms in total. The quantitative estimate of drug-likeness (QED) is 0.276. The number of nitrogens with zero attached hydrogens (tertiary/aromatic N) is 3. The molecule has 4 N–H and O–H groups in total. The van der Waals surface area contributed by atoms with Crippen molar-refractivity contribution in [2.45, 2.75) is 31.2 Å². The number of nitrogens with one attached hydrogen (secondary N) is 1. The highest BCUT2D eigenvalue weighted by Crippen LogP contribution is 2.42. The normalized spacial score (nSPS) is 20.1. The van der Waals surface area contributed by atoms with E-state index in [1.807, 2.05) is 24.3 Å². The van der Waals surface area contributed by atoms with Crippen molar-refractivity contribution in [3.05, 3.63) is 53.3 Å². The van der Waals surface area contributed by atoms with E-state index < -0.39 is 12.0 Å². The minimum atomic E-state index is -1.29. The molecule has 3 atom stereocenters. The van der Waals surface area contributed by atoms with Crippen LogP contribution in [-0.2, 0) is 4.79 Å². The van der Waals surface area contributed by atoms with Crippen LogP contribution in [0.3, 0.4) is 0 Å². The van der Waals surface area contributed by atoms with Crippen molar-refractivity contribution in [3.8, 4) is 22.9 Å². The average molecular weight is 508 g/mol. The summed E-state index contributed by atoms with van der Waals surface area (Å²) in [6.07, 6.45) is 1.22. The van der Waals surface area contributed by atoms with Crippen LogP contribution in [0.1, 0.15) is 12.8 Å². The van der Waals surface area contributed by atoms with E-state index in [4.69, 9.17) is 22.1 Å². The summed E-state index contributed by atoms with van der Waals surface area (Å²) in [4.78, 5) is 22.0. The SMILES string of the molecule is N[C@H](C=O)Oc1nc(N2CC3CCC(C2)N3)c2cc(Cl)c(-c3cc(O)cc4ccccc34)c(F)c2n1. The van der Waals surface area contributed by atoms with Gasteiger partial charge in [0.05, 0.1) is 5.02 Å². The molecule has 2 aliphatic rings. The molecule has 36 heavy (non-hydrogen) atoms. The first kappa shape index (κ1) is 22.9. The number of aromatic nitrogens is 2. The lowest BCUT2D eigenvalue weighted by atomic mass is 9.96. The Morgan fingerprint density at radius 3 is 2.67 bits per heavy atom. The van der Waals surface area contributed by atoms with Crippen molar-refractivity contribution in [3.63, 3.8) is 0 Å². The molecule has 0 radical (unpaired) electrons. The third kappa shape index (κ3) is 3.89. The second-order valence-corrected chi connectivity index (χ2v) is 9.66. The zero-order valence-electron chi connectivity index (χ0n) is 19.1. The van der Waals surface area contributed by atoms with Crippen molar-refractivity contribution in [1.29, 1.82) is 0 Å². The number of phenols is 1. The molecule has 2 unspecified atom stereocenters. The highest BCUT2D eigenvalue weighted by molar-refractivity contribution is 6.35. The molecule has 0 saturated carbocycles. The molecule has 6 rings (SSSR count). The van der Waals surface area contributed by atoms with Crippen molar-refractivity contribution in [2.75, 3.05) is 18.0 Å². The van der Waals surface area contributed by atoms with Crippen LogP contribution >= 0.6 is 11.6 Å². The minimum Gasteiger partial charge on any atom is -0.508 e. The Labute approximate surface area is 210 Å². The second kappa shape index (κ2) is 8.85. The smallest absolute Gasteiger partial charge is 0.321 e. The van der Waals surface area contributed by atoms with E-state index in [-0.39, 0.29) is 27.9 Å². The summed E-state index contributed by atoms with van der Waals surface area (Å²) in [7, 11) is 0. The van der Waals surface area contributed by atoms with Gasteiger partial charge in [0.1, 0.15) is 17.1 Å². The molecule has 3 aromatic carbocycles. The molecular weight excluding hydrogens is 485 g/mol.